The molecule has 12 heteroatoms. The number of primary amides is 1. The van der Waals surface area contributed by atoms with Gasteiger partial charge in [0.15, 0.2) is 11.2 Å². The van der Waals surface area contributed by atoms with E-state index in [1.165, 1.54) is 6.92 Å². The molecule has 0 saturated heterocycles. The normalized spacial score (nSPS) is 16.9. The zero-order chi connectivity index (χ0) is 26.5. The van der Waals surface area contributed by atoms with Crippen molar-refractivity contribution in [3.63, 3.8) is 0 Å². The van der Waals surface area contributed by atoms with Gasteiger partial charge in [0.25, 0.3) is 5.91 Å². The second kappa shape index (κ2) is 11.1. The summed E-state index contributed by atoms with van der Waals surface area (Å²) in [5, 5.41) is 10.8. The SMILES string of the molecule is CC(=O)Nc1ccc(C(=O)NC2SC(Nc3ccc(NC(=O)OC(C)(C)C)cc3)=NC2C(N)=O)cc1. The number of thioether (sulfide) groups is 1. The highest BCUT2D eigenvalue weighted by Gasteiger charge is 2.35. The van der Waals surface area contributed by atoms with E-state index in [1.807, 2.05) is 0 Å². The molecule has 0 aliphatic carbocycles. The van der Waals surface area contributed by atoms with E-state index in [-0.39, 0.29) is 5.91 Å². The minimum Gasteiger partial charge on any atom is -0.444 e. The van der Waals surface area contributed by atoms with Gasteiger partial charge in [-0.2, -0.15) is 0 Å². The number of aliphatic imine (C=N–C) groups is 1. The molecule has 2 aromatic rings. The second-order valence-electron chi connectivity index (χ2n) is 8.88. The van der Waals surface area contributed by atoms with Gasteiger partial charge in [-0.3, -0.25) is 19.7 Å². The average Bonchev–Trinajstić information content (AvgIpc) is 3.16. The van der Waals surface area contributed by atoms with Crippen LogP contribution in [0.1, 0.15) is 38.1 Å². The first kappa shape index (κ1) is 26.5. The van der Waals surface area contributed by atoms with Crippen molar-refractivity contribution in [2.45, 2.75) is 44.7 Å². The van der Waals surface area contributed by atoms with Gasteiger partial charge in [-0.05, 0) is 69.3 Å². The number of ether oxygens (including phenoxy) is 1. The molecule has 0 bridgehead atoms. The van der Waals surface area contributed by atoms with E-state index in [9.17, 15) is 19.2 Å². The number of carbonyl (C=O) groups is 4. The van der Waals surface area contributed by atoms with Gasteiger partial charge in [0.1, 0.15) is 11.0 Å². The number of amides is 4. The third kappa shape index (κ3) is 7.73. The highest BCUT2D eigenvalue weighted by molar-refractivity contribution is 8.15. The molecule has 2 aromatic carbocycles. The minimum absolute atomic E-state index is 0.218. The van der Waals surface area contributed by atoms with Crippen LogP contribution in [0, 0.1) is 0 Å². The lowest BCUT2D eigenvalue weighted by Gasteiger charge is -2.19. The molecule has 0 spiro atoms. The standard InChI is InChI=1S/C24H28N6O5S/c1-13(31)26-15-7-5-14(6-8-15)20(33)30-21-18(19(25)32)29-22(36-21)27-16-9-11-17(12-10-16)28-23(34)35-24(2,3)4/h5-12,18,21H,1-4H3,(H2,25,32)(H,26,31)(H,27,29)(H,28,34)(H,30,33). The molecule has 1 aliphatic rings. The lowest BCUT2D eigenvalue weighted by molar-refractivity contribution is -0.119. The zero-order valence-corrected chi connectivity index (χ0v) is 21.1. The van der Waals surface area contributed by atoms with E-state index in [0.717, 1.165) is 11.8 Å². The fourth-order valence-electron chi connectivity index (χ4n) is 3.09. The number of nitrogens with zero attached hydrogens (tertiary/aromatic N) is 1. The molecular formula is C24H28N6O5S. The van der Waals surface area contributed by atoms with E-state index >= 15 is 0 Å². The van der Waals surface area contributed by atoms with Crippen LogP contribution in [0.5, 0.6) is 0 Å². The third-order valence-electron chi connectivity index (χ3n) is 4.60. The van der Waals surface area contributed by atoms with E-state index in [4.69, 9.17) is 10.5 Å². The maximum absolute atomic E-state index is 12.7. The largest absolute Gasteiger partial charge is 0.444 e. The molecule has 11 nitrogen and oxygen atoms in total. The molecular weight excluding hydrogens is 484 g/mol. The van der Waals surface area contributed by atoms with Gasteiger partial charge in [0, 0.05) is 29.5 Å². The highest BCUT2D eigenvalue weighted by Crippen LogP contribution is 2.27. The Hall–Kier alpha value is -4.06. The molecule has 36 heavy (non-hydrogen) atoms. The summed E-state index contributed by atoms with van der Waals surface area (Å²) in [6.07, 6.45) is -0.563. The topological polar surface area (TPSA) is 164 Å². The summed E-state index contributed by atoms with van der Waals surface area (Å²) in [4.78, 5) is 52.0. The molecule has 2 atom stereocenters. The van der Waals surface area contributed by atoms with Crippen LogP contribution in [0.25, 0.3) is 0 Å². The number of carbonyl (C=O) groups excluding carboxylic acids is 4. The Balaban J connectivity index is 1.60. The lowest BCUT2D eigenvalue weighted by Crippen LogP contribution is -2.44. The molecule has 1 aliphatic heterocycles. The van der Waals surface area contributed by atoms with Crippen LogP contribution < -0.4 is 27.0 Å². The predicted molar refractivity (Wildman–Crippen MR) is 140 cm³/mol. The van der Waals surface area contributed by atoms with Gasteiger partial charge in [-0.15, -0.1) is 0 Å². The number of amidine groups is 1. The number of nitrogens with two attached hydrogens (primary N) is 1. The van der Waals surface area contributed by atoms with Gasteiger partial charge in [-0.1, -0.05) is 11.8 Å². The van der Waals surface area contributed by atoms with Crippen molar-refractivity contribution in [3.05, 3.63) is 54.1 Å². The fourth-order valence-corrected chi connectivity index (χ4v) is 4.18. The Kier molecular flexibility index (Phi) is 8.20. The Morgan fingerprint density at radius 1 is 0.917 bits per heavy atom. The first-order valence-electron chi connectivity index (χ1n) is 11.0. The van der Waals surface area contributed by atoms with Crippen LogP contribution in [-0.4, -0.2) is 46.0 Å². The molecule has 6 N–H and O–H groups in total. The van der Waals surface area contributed by atoms with E-state index < -0.39 is 34.9 Å². The summed E-state index contributed by atoms with van der Waals surface area (Å²) in [7, 11) is 0. The van der Waals surface area contributed by atoms with E-state index in [1.54, 1.807) is 69.3 Å². The summed E-state index contributed by atoms with van der Waals surface area (Å²) >= 11 is 1.16. The maximum atomic E-state index is 12.7. The Labute approximate surface area is 212 Å². The first-order chi connectivity index (χ1) is 16.9. The van der Waals surface area contributed by atoms with Gasteiger partial charge in [-0.25, -0.2) is 9.79 Å². The van der Waals surface area contributed by atoms with E-state index in [0.29, 0.717) is 27.8 Å². The van der Waals surface area contributed by atoms with Gasteiger partial charge in [0.2, 0.25) is 11.8 Å². The van der Waals surface area contributed by atoms with Gasteiger partial charge >= 0.3 is 6.09 Å². The van der Waals surface area contributed by atoms with Crippen LogP contribution in [-0.2, 0) is 14.3 Å². The van der Waals surface area contributed by atoms with Crippen LogP contribution in [0.3, 0.4) is 0 Å². The minimum atomic E-state index is -0.965. The number of benzene rings is 2. The van der Waals surface area contributed by atoms with Crippen molar-refractivity contribution in [2.75, 3.05) is 16.0 Å². The molecule has 0 radical (unpaired) electrons. The smallest absolute Gasteiger partial charge is 0.412 e. The number of nitrogens with one attached hydrogen (secondary N) is 4. The van der Waals surface area contributed by atoms with Crippen LogP contribution >= 0.6 is 11.8 Å². The Morgan fingerprint density at radius 3 is 2.03 bits per heavy atom. The summed E-state index contributed by atoms with van der Waals surface area (Å²) < 4.78 is 5.23. The average molecular weight is 513 g/mol. The van der Waals surface area contributed by atoms with Crippen molar-refractivity contribution >= 4 is 57.8 Å². The lowest BCUT2D eigenvalue weighted by atomic mass is 10.2. The molecule has 0 fully saturated rings. The summed E-state index contributed by atoms with van der Waals surface area (Å²) in [6.45, 7) is 6.72. The molecule has 0 saturated carbocycles. The van der Waals surface area contributed by atoms with Crippen LogP contribution in [0.4, 0.5) is 21.9 Å². The summed E-state index contributed by atoms with van der Waals surface area (Å²) in [6, 6.07) is 12.2. The predicted octanol–water partition coefficient (Wildman–Crippen LogP) is 3.12. The van der Waals surface area contributed by atoms with Gasteiger partial charge < -0.3 is 26.4 Å². The molecule has 4 amide bonds. The number of rotatable bonds is 6. The first-order valence-corrected chi connectivity index (χ1v) is 11.9. The number of hydrogen-bond donors (Lipinski definition) is 5. The quantitative estimate of drug-likeness (QED) is 0.397. The van der Waals surface area contributed by atoms with Crippen LogP contribution in [0.2, 0.25) is 0 Å². The number of anilines is 3. The molecule has 0 aromatic heterocycles. The maximum Gasteiger partial charge on any atom is 0.412 e. The molecule has 2 unspecified atom stereocenters. The second-order valence-corrected chi connectivity index (χ2v) is 10.0. The van der Waals surface area contributed by atoms with Crippen molar-refractivity contribution in [1.82, 2.24) is 5.32 Å². The van der Waals surface area contributed by atoms with E-state index in [2.05, 4.69) is 26.3 Å². The molecule has 3 rings (SSSR count). The molecule has 190 valence electrons. The van der Waals surface area contributed by atoms with Crippen LogP contribution in [0.15, 0.2) is 53.5 Å². The van der Waals surface area contributed by atoms with Gasteiger partial charge in [0.05, 0.1) is 0 Å². The van der Waals surface area contributed by atoms with Crippen molar-refractivity contribution in [2.24, 2.45) is 10.7 Å². The Morgan fingerprint density at radius 2 is 1.47 bits per heavy atom. The fraction of sp³-hybridized carbons (Fsp3) is 0.292. The summed E-state index contributed by atoms with van der Waals surface area (Å²) in [5.74, 6) is -1.31. The van der Waals surface area contributed by atoms with Crippen molar-refractivity contribution < 1.29 is 23.9 Å². The summed E-state index contributed by atoms with van der Waals surface area (Å²) in [5.41, 5.74) is 7.00. The monoisotopic (exact) mass is 512 g/mol. The third-order valence-corrected chi connectivity index (χ3v) is 5.66. The van der Waals surface area contributed by atoms with Crippen molar-refractivity contribution in [1.29, 1.82) is 0 Å². The Bertz CT molecular complexity index is 1170. The number of hydrogen-bond acceptors (Lipinski definition) is 8. The molecule has 1 heterocycles. The highest BCUT2D eigenvalue weighted by atomic mass is 32.2. The van der Waals surface area contributed by atoms with Crippen molar-refractivity contribution in [3.8, 4) is 0 Å². The zero-order valence-electron chi connectivity index (χ0n) is 20.2.